The minimum atomic E-state index is -3.57. The van der Waals surface area contributed by atoms with Crippen LogP contribution in [0.4, 0.5) is 5.69 Å². The van der Waals surface area contributed by atoms with E-state index < -0.39 is 18.2 Å². The maximum absolute atomic E-state index is 13.1. The molecule has 0 spiro atoms. The summed E-state index contributed by atoms with van der Waals surface area (Å²) in [6, 6.07) is 13.2. The van der Waals surface area contributed by atoms with Crippen LogP contribution < -0.4 is 9.64 Å². The molecular formula is C42H56ClN3O6SSi. The first-order valence-corrected chi connectivity index (χ1v) is 24.3. The summed E-state index contributed by atoms with van der Waals surface area (Å²) in [5.74, 6) is 1.26. The Morgan fingerprint density at radius 3 is 2.46 bits per heavy atom. The normalized spacial score (nSPS) is 22.8. The third-order valence-electron chi connectivity index (χ3n) is 12.3. The Hall–Kier alpha value is -3.25. The van der Waals surface area contributed by atoms with Gasteiger partial charge in [-0.25, -0.2) is 23.2 Å². The van der Waals surface area contributed by atoms with Crippen molar-refractivity contribution in [1.29, 1.82) is 0 Å². The molecule has 1 unspecified atom stereocenters. The number of aryl methyl sites for hydroxylation is 1. The first-order valence-electron chi connectivity index (χ1n) is 19.4. The van der Waals surface area contributed by atoms with E-state index >= 15 is 0 Å². The van der Waals surface area contributed by atoms with Crippen molar-refractivity contribution in [3.8, 4) is 5.75 Å². The molecule has 3 aliphatic rings. The van der Waals surface area contributed by atoms with Crippen LogP contribution in [0.5, 0.6) is 5.75 Å². The second-order valence-corrected chi connectivity index (χ2v) is 23.9. The Balaban J connectivity index is 1.25. The van der Waals surface area contributed by atoms with Crippen LogP contribution >= 0.6 is 11.6 Å². The number of carbonyl (C=O) groups excluding carboxylic acids is 1. The maximum atomic E-state index is 13.1. The molecule has 0 N–H and O–H groups in total. The van der Waals surface area contributed by atoms with Crippen molar-refractivity contribution in [2.75, 3.05) is 30.9 Å². The summed E-state index contributed by atoms with van der Waals surface area (Å²) < 4.78 is 45.2. The number of ether oxygens (including phenoxy) is 2. The van der Waals surface area contributed by atoms with Gasteiger partial charge in [0.05, 0.1) is 30.2 Å². The average molecular weight is 795 g/mol. The smallest absolute Gasteiger partial charge is 0.337 e. The molecule has 2 heterocycles. The number of nitrogens with zero attached hydrogens (tertiary/aromatic N) is 3. The molecule has 292 valence electrons. The van der Waals surface area contributed by atoms with E-state index in [0.717, 1.165) is 80.1 Å². The molecule has 12 heteroatoms. The average Bonchev–Trinajstić information content (AvgIpc) is 3.14. The van der Waals surface area contributed by atoms with Crippen molar-refractivity contribution in [3.63, 3.8) is 0 Å². The number of hydrogen-bond donors (Lipinski definition) is 0. The van der Waals surface area contributed by atoms with Gasteiger partial charge in [0, 0.05) is 30.5 Å². The van der Waals surface area contributed by atoms with Crippen LogP contribution in [0.3, 0.4) is 0 Å². The van der Waals surface area contributed by atoms with Crippen LogP contribution in [0, 0.1) is 23.7 Å². The lowest BCUT2D eigenvalue weighted by Gasteiger charge is -2.48. The van der Waals surface area contributed by atoms with E-state index in [9.17, 15) is 13.2 Å². The van der Waals surface area contributed by atoms with E-state index in [0.29, 0.717) is 24.0 Å². The lowest BCUT2D eigenvalue weighted by molar-refractivity contribution is 0.0524. The van der Waals surface area contributed by atoms with Crippen molar-refractivity contribution >= 4 is 41.4 Å². The van der Waals surface area contributed by atoms with Gasteiger partial charge in [-0.05, 0) is 134 Å². The van der Waals surface area contributed by atoms with E-state index in [2.05, 4.69) is 67.0 Å². The zero-order chi connectivity index (χ0) is 38.7. The highest BCUT2D eigenvalue weighted by atomic mass is 35.5. The van der Waals surface area contributed by atoms with Gasteiger partial charge in [0.25, 0.3) is 0 Å². The SMILES string of the molecule is COC(=O)c1ccc2c(c1)N(C[C@@H]1CC[C@H]1C(/C=C\[C@H]1CC[C@@H]1CS(=O)(=O)c1ncccn1)O[Si](C)(C)C(C)(C)C)CCCCc1cc(Cl)ccc1CO2. The molecule has 0 amide bonds. The molecule has 2 fully saturated rings. The summed E-state index contributed by atoms with van der Waals surface area (Å²) in [6.07, 6.45) is 14.2. The molecule has 6 rings (SSSR count). The number of carbonyl (C=O) groups is 1. The van der Waals surface area contributed by atoms with Crippen LogP contribution in [0.15, 0.2) is 72.2 Å². The number of aromatic nitrogens is 2. The number of anilines is 1. The number of fused-ring (bicyclic) bond motifs is 2. The molecule has 3 aromatic rings. The maximum Gasteiger partial charge on any atom is 0.337 e. The molecule has 0 radical (unpaired) electrons. The van der Waals surface area contributed by atoms with Crippen LogP contribution in [0.25, 0.3) is 0 Å². The summed E-state index contributed by atoms with van der Waals surface area (Å²) >= 11 is 6.40. The zero-order valence-corrected chi connectivity index (χ0v) is 35.2. The molecule has 1 aliphatic heterocycles. The quantitative estimate of drug-likeness (QED) is 0.0813. The molecule has 0 saturated heterocycles. The van der Waals surface area contributed by atoms with Crippen molar-refractivity contribution in [2.24, 2.45) is 23.7 Å². The van der Waals surface area contributed by atoms with Gasteiger partial charge in [-0.3, -0.25) is 0 Å². The Bertz CT molecular complexity index is 1920. The minimum Gasteiger partial charge on any atom is -0.487 e. The van der Waals surface area contributed by atoms with E-state index in [4.69, 9.17) is 25.5 Å². The van der Waals surface area contributed by atoms with Gasteiger partial charge in [0.1, 0.15) is 12.4 Å². The van der Waals surface area contributed by atoms with Crippen LogP contribution in [-0.4, -0.2) is 64.7 Å². The summed E-state index contributed by atoms with van der Waals surface area (Å²) in [6.45, 7) is 13.4. The molecule has 2 aromatic carbocycles. The predicted molar refractivity (Wildman–Crippen MR) is 216 cm³/mol. The van der Waals surface area contributed by atoms with E-state index in [1.165, 1.54) is 25.1 Å². The number of methoxy groups -OCH3 is 1. The number of halogens is 1. The summed E-state index contributed by atoms with van der Waals surface area (Å²) in [7, 11) is -4.33. The molecule has 1 aromatic heterocycles. The zero-order valence-electron chi connectivity index (χ0n) is 32.6. The number of benzene rings is 2. The van der Waals surface area contributed by atoms with Crippen molar-refractivity contribution in [3.05, 3.63) is 88.7 Å². The number of esters is 1. The molecular weight excluding hydrogens is 738 g/mol. The Labute approximate surface area is 327 Å². The lowest BCUT2D eigenvalue weighted by Crippen LogP contribution is -2.50. The fraction of sp³-hybridized carbons (Fsp3) is 0.548. The second-order valence-electron chi connectivity index (χ2n) is 16.8. The standard InChI is InChI=1S/C42H56ClN3O6SSi/c1-42(2,3)54(5,6)52-38(19-15-29-11-12-34(29)28-53(48,49)41-44-21-9-22-45-41)36-18-14-32(36)26-46-23-8-7-10-30-24-35(43)17-13-33(30)27-51-39-20-16-31(25-37(39)46)40(47)50-4/h9,13,15-17,19-22,24-25,29,32,34,36,38H,7-8,10-12,14,18,23,26-28H2,1-6H3/b19-15-/t29-,32+,34-,36-,38?/m1/s1. The second kappa shape index (κ2) is 16.9. The molecule has 0 bridgehead atoms. The first kappa shape index (κ1) is 40.4. The third kappa shape index (κ3) is 9.40. The van der Waals surface area contributed by atoms with Crippen LogP contribution in [-0.2, 0) is 32.0 Å². The van der Waals surface area contributed by atoms with Crippen molar-refractivity contribution in [1.82, 2.24) is 9.97 Å². The topological polar surface area (TPSA) is 108 Å². The molecule has 2 aliphatic carbocycles. The van der Waals surface area contributed by atoms with Crippen molar-refractivity contribution in [2.45, 2.75) is 102 Å². The van der Waals surface area contributed by atoms with Crippen molar-refractivity contribution < 1.29 is 27.1 Å². The highest BCUT2D eigenvalue weighted by Crippen LogP contribution is 2.46. The highest BCUT2D eigenvalue weighted by molar-refractivity contribution is 7.91. The summed E-state index contributed by atoms with van der Waals surface area (Å²) in [4.78, 5) is 23.2. The van der Waals surface area contributed by atoms with Gasteiger partial charge in [0.2, 0.25) is 15.0 Å². The first-order chi connectivity index (χ1) is 25.6. The number of sulfone groups is 1. The van der Waals surface area contributed by atoms with Gasteiger partial charge < -0.3 is 18.8 Å². The number of hydrogen-bond acceptors (Lipinski definition) is 9. The van der Waals surface area contributed by atoms with Gasteiger partial charge in [-0.1, -0.05) is 50.6 Å². The fourth-order valence-electron chi connectivity index (χ4n) is 7.62. The Morgan fingerprint density at radius 2 is 1.80 bits per heavy atom. The molecule has 2 saturated carbocycles. The number of rotatable bonds is 11. The largest absolute Gasteiger partial charge is 0.487 e. The van der Waals surface area contributed by atoms with Crippen LogP contribution in [0.1, 0.15) is 80.8 Å². The molecule has 9 nitrogen and oxygen atoms in total. The predicted octanol–water partition coefficient (Wildman–Crippen LogP) is 9.11. The van der Waals surface area contributed by atoms with Gasteiger partial charge in [0.15, 0.2) is 8.32 Å². The van der Waals surface area contributed by atoms with Gasteiger partial charge >= 0.3 is 5.97 Å². The third-order valence-corrected chi connectivity index (χ3v) is 18.6. The van der Waals surface area contributed by atoms with Crippen LogP contribution in [0.2, 0.25) is 23.2 Å². The summed E-state index contributed by atoms with van der Waals surface area (Å²) in [5.41, 5.74) is 3.72. The number of allylic oxidation sites excluding steroid dienone is 1. The van der Waals surface area contributed by atoms with Gasteiger partial charge in [-0.15, -0.1) is 0 Å². The fourth-order valence-corrected chi connectivity index (χ4v) is 10.7. The minimum absolute atomic E-state index is 0.0292. The Kier molecular flexibility index (Phi) is 12.6. The van der Waals surface area contributed by atoms with E-state index in [1.54, 1.807) is 12.1 Å². The van der Waals surface area contributed by atoms with E-state index in [-0.39, 0.29) is 39.9 Å². The molecule has 5 atom stereocenters. The Morgan fingerprint density at radius 1 is 1.04 bits per heavy atom. The van der Waals surface area contributed by atoms with E-state index in [1.807, 2.05) is 24.3 Å². The monoisotopic (exact) mass is 793 g/mol. The summed E-state index contributed by atoms with van der Waals surface area (Å²) in [5, 5.41) is 0.663. The highest BCUT2D eigenvalue weighted by Gasteiger charge is 2.45. The molecule has 54 heavy (non-hydrogen) atoms. The van der Waals surface area contributed by atoms with Gasteiger partial charge in [-0.2, -0.15) is 0 Å². The lowest BCUT2D eigenvalue weighted by atomic mass is 9.69.